The molecule has 0 saturated carbocycles. The fraction of sp³-hybridized carbons (Fsp3) is 0.318. The lowest BCUT2D eigenvalue weighted by Gasteiger charge is -2.10. The number of hydrogen-bond acceptors (Lipinski definition) is 7. The first-order valence-electron chi connectivity index (χ1n) is 10.4. The molecule has 2 heterocycles. The molecule has 2 aromatic heterocycles. The summed E-state index contributed by atoms with van der Waals surface area (Å²) in [5.74, 6) is 0.597. The predicted octanol–water partition coefficient (Wildman–Crippen LogP) is 3.51. The lowest BCUT2D eigenvalue weighted by atomic mass is 10.2. The third-order valence-electron chi connectivity index (χ3n) is 5.08. The second-order valence-electron chi connectivity index (χ2n) is 7.09. The molecular weight excluding hydrogens is 414 g/mol. The largest absolute Gasteiger partial charge is 0.382 e. The van der Waals surface area contributed by atoms with Gasteiger partial charge in [-0.25, -0.2) is 13.4 Å². The van der Waals surface area contributed by atoms with Gasteiger partial charge in [-0.1, -0.05) is 36.4 Å². The van der Waals surface area contributed by atoms with Crippen molar-refractivity contribution < 1.29 is 13.2 Å². The predicted molar refractivity (Wildman–Crippen MR) is 119 cm³/mol. The normalized spacial score (nSPS) is 11.9. The van der Waals surface area contributed by atoms with Gasteiger partial charge in [-0.15, -0.1) is 5.10 Å². The second-order valence-corrected chi connectivity index (χ2v) is 8.95. The Morgan fingerprint density at radius 2 is 1.84 bits per heavy atom. The molecule has 162 valence electrons. The van der Waals surface area contributed by atoms with E-state index < -0.39 is 9.84 Å². The van der Waals surface area contributed by atoms with Crippen molar-refractivity contribution in [1.82, 2.24) is 19.8 Å². The Labute approximate surface area is 181 Å². The van der Waals surface area contributed by atoms with E-state index in [2.05, 4.69) is 20.6 Å². The Balaban J connectivity index is 1.78. The summed E-state index contributed by atoms with van der Waals surface area (Å²) in [4.78, 5) is 4.79. The van der Waals surface area contributed by atoms with Gasteiger partial charge < -0.3 is 10.1 Å². The smallest absolute Gasteiger partial charge is 0.229 e. The molecule has 0 radical (unpaired) electrons. The van der Waals surface area contributed by atoms with Crippen molar-refractivity contribution in [1.29, 1.82) is 0 Å². The van der Waals surface area contributed by atoms with Crippen LogP contribution < -0.4 is 5.32 Å². The van der Waals surface area contributed by atoms with Gasteiger partial charge in [0.05, 0.1) is 10.4 Å². The minimum Gasteiger partial charge on any atom is -0.382 e. The van der Waals surface area contributed by atoms with Crippen LogP contribution in [0.2, 0.25) is 0 Å². The number of nitrogens with zero attached hydrogens (tertiary/aromatic N) is 4. The highest BCUT2D eigenvalue weighted by molar-refractivity contribution is 7.91. The molecule has 4 aromatic rings. The van der Waals surface area contributed by atoms with Crippen molar-refractivity contribution in [2.75, 3.05) is 25.1 Å². The minimum absolute atomic E-state index is 0.153. The molecule has 9 heteroatoms. The Bertz CT molecular complexity index is 1300. The van der Waals surface area contributed by atoms with Crippen LogP contribution >= 0.6 is 0 Å². The Kier molecular flexibility index (Phi) is 6.15. The Hall–Kier alpha value is -3.04. The first-order chi connectivity index (χ1) is 15.1. The average molecular weight is 440 g/mol. The van der Waals surface area contributed by atoms with Crippen LogP contribution in [0.1, 0.15) is 25.8 Å². The number of sulfone groups is 1. The number of hydrogen-bond donors (Lipinski definition) is 1. The maximum absolute atomic E-state index is 13.3. The molecule has 31 heavy (non-hydrogen) atoms. The van der Waals surface area contributed by atoms with Crippen molar-refractivity contribution >= 4 is 32.2 Å². The zero-order chi connectivity index (χ0) is 21.8. The number of para-hydroxylation sites is 1. The number of ether oxygens (including phenoxy) is 1. The lowest BCUT2D eigenvalue weighted by molar-refractivity contribution is 0.147. The molecule has 0 amide bonds. The van der Waals surface area contributed by atoms with Crippen molar-refractivity contribution in [3.8, 4) is 0 Å². The number of nitrogens with one attached hydrogen (secondary N) is 1. The van der Waals surface area contributed by atoms with Gasteiger partial charge in [0.25, 0.3) is 0 Å². The van der Waals surface area contributed by atoms with Crippen molar-refractivity contribution in [3.63, 3.8) is 0 Å². The van der Waals surface area contributed by atoms with E-state index in [0.717, 1.165) is 29.3 Å². The van der Waals surface area contributed by atoms with E-state index in [1.54, 1.807) is 12.1 Å². The quantitative estimate of drug-likeness (QED) is 0.399. The van der Waals surface area contributed by atoms with Gasteiger partial charge in [0, 0.05) is 25.1 Å². The zero-order valence-electron chi connectivity index (χ0n) is 17.6. The molecule has 2 aromatic carbocycles. The molecular formula is C22H25N5O3S. The van der Waals surface area contributed by atoms with Gasteiger partial charge in [-0.05, 0) is 49.6 Å². The van der Waals surface area contributed by atoms with Crippen LogP contribution in [0.25, 0.3) is 16.6 Å². The Morgan fingerprint density at radius 3 is 2.58 bits per heavy atom. The van der Waals surface area contributed by atoms with E-state index in [1.807, 2.05) is 50.2 Å². The zero-order valence-corrected chi connectivity index (χ0v) is 18.4. The van der Waals surface area contributed by atoms with Crippen molar-refractivity contribution in [2.45, 2.75) is 36.6 Å². The first kappa shape index (κ1) is 21.2. The van der Waals surface area contributed by atoms with Gasteiger partial charge in [0.1, 0.15) is 5.82 Å². The van der Waals surface area contributed by atoms with E-state index in [-0.39, 0.29) is 15.6 Å². The molecule has 0 unspecified atom stereocenters. The molecule has 0 atom stereocenters. The van der Waals surface area contributed by atoms with E-state index in [0.29, 0.717) is 25.6 Å². The SMILES string of the molecule is CCOCCCNc1nc2c(S(=O)(=O)c3ccc(CC)cc3)nnn2c2ccccc12. The summed E-state index contributed by atoms with van der Waals surface area (Å²) in [6.07, 6.45) is 1.64. The molecule has 0 saturated heterocycles. The molecule has 8 nitrogen and oxygen atoms in total. The maximum atomic E-state index is 13.3. The van der Waals surface area contributed by atoms with Crippen LogP contribution in [0.4, 0.5) is 5.82 Å². The topological polar surface area (TPSA) is 98.5 Å². The third kappa shape index (κ3) is 4.11. The van der Waals surface area contributed by atoms with E-state index >= 15 is 0 Å². The molecule has 1 N–H and O–H groups in total. The highest BCUT2D eigenvalue weighted by Gasteiger charge is 2.27. The standard InChI is InChI=1S/C22H25N5O3S/c1-3-16-10-12-17(13-11-16)31(28,29)22-21-24-20(23-14-7-15-30-4-2)18-8-5-6-9-19(18)27(21)26-25-22/h5-6,8-13H,3-4,7,14-15H2,1-2H3,(H,23,24). The van der Waals surface area contributed by atoms with Crippen LogP contribution in [0.3, 0.4) is 0 Å². The monoisotopic (exact) mass is 439 g/mol. The van der Waals surface area contributed by atoms with Crippen LogP contribution in [-0.2, 0) is 21.0 Å². The van der Waals surface area contributed by atoms with Crippen molar-refractivity contribution in [3.05, 3.63) is 54.1 Å². The van der Waals surface area contributed by atoms with E-state index in [1.165, 1.54) is 4.52 Å². The number of aromatic nitrogens is 4. The highest BCUT2D eigenvalue weighted by Crippen LogP contribution is 2.28. The fourth-order valence-corrected chi connectivity index (χ4v) is 4.63. The summed E-state index contributed by atoms with van der Waals surface area (Å²) in [6, 6.07) is 14.4. The number of benzene rings is 2. The number of anilines is 1. The first-order valence-corrected chi connectivity index (χ1v) is 11.8. The maximum Gasteiger partial charge on any atom is 0.229 e. The van der Waals surface area contributed by atoms with Crippen LogP contribution in [0, 0.1) is 0 Å². The van der Waals surface area contributed by atoms with E-state index in [4.69, 9.17) is 4.74 Å². The average Bonchev–Trinajstić information content (AvgIpc) is 3.24. The summed E-state index contributed by atoms with van der Waals surface area (Å²) >= 11 is 0. The summed E-state index contributed by atoms with van der Waals surface area (Å²) in [6.45, 7) is 5.95. The summed E-state index contributed by atoms with van der Waals surface area (Å²) in [7, 11) is -3.87. The third-order valence-corrected chi connectivity index (χ3v) is 6.75. The molecule has 4 rings (SSSR count). The van der Waals surface area contributed by atoms with Crippen LogP contribution in [0.5, 0.6) is 0 Å². The van der Waals surface area contributed by atoms with Gasteiger partial charge in [-0.3, -0.25) is 0 Å². The second kappa shape index (κ2) is 8.99. The molecule has 0 aliphatic rings. The number of rotatable bonds is 9. The number of fused-ring (bicyclic) bond motifs is 3. The van der Waals surface area contributed by atoms with Crippen LogP contribution in [-0.4, -0.2) is 48.0 Å². The number of aryl methyl sites for hydroxylation is 1. The lowest BCUT2D eigenvalue weighted by Crippen LogP contribution is -2.09. The molecule has 0 fully saturated rings. The summed E-state index contributed by atoms with van der Waals surface area (Å²) in [5.41, 5.74) is 2.00. The fourth-order valence-electron chi connectivity index (χ4n) is 3.40. The summed E-state index contributed by atoms with van der Waals surface area (Å²) < 4.78 is 33.5. The molecule has 0 spiro atoms. The summed E-state index contributed by atoms with van der Waals surface area (Å²) in [5, 5.41) is 12.1. The Morgan fingerprint density at radius 1 is 1.06 bits per heavy atom. The van der Waals surface area contributed by atoms with Gasteiger partial charge in [0.2, 0.25) is 14.9 Å². The van der Waals surface area contributed by atoms with Gasteiger partial charge in [0.15, 0.2) is 5.65 Å². The molecule has 0 bridgehead atoms. The molecule has 0 aliphatic heterocycles. The van der Waals surface area contributed by atoms with Crippen LogP contribution in [0.15, 0.2) is 58.5 Å². The van der Waals surface area contributed by atoms with Crippen molar-refractivity contribution in [2.24, 2.45) is 0 Å². The molecule has 0 aliphatic carbocycles. The van der Waals surface area contributed by atoms with E-state index in [9.17, 15) is 8.42 Å². The van der Waals surface area contributed by atoms with Gasteiger partial charge in [-0.2, -0.15) is 4.52 Å². The highest BCUT2D eigenvalue weighted by atomic mass is 32.2. The minimum atomic E-state index is -3.87. The van der Waals surface area contributed by atoms with Gasteiger partial charge >= 0.3 is 0 Å².